The first-order valence-electron chi connectivity index (χ1n) is 6.82. The molecule has 20 heavy (non-hydrogen) atoms. The number of nitrogens with one attached hydrogen (secondary N) is 2. The summed E-state index contributed by atoms with van der Waals surface area (Å²) in [6.45, 7) is 5.96. The Hall–Kier alpha value is -1.62. The molecule has 0 heterocycles. The lowest BCUT2D eigenvalue weighted by Gasteiger charge is -2.24. The Morgan fingerprint density at radius 1 is 1.40 bits per heavy atom. The largest absolute Gasteiger partial charge is 0.388 e. The first-order valence-corrected chi connectivity index (χ1v) is 6.82. The van der Waals surface area contributed by atoms with E-state index in [1.54, 1.807) is 19.1 Å². The highest BCUT2D eigenvalue weighted by Gasteiger charge is 2.21. The van der Waals surface area contributed by atoms with Gasteiger partial charge in [0.25, 0.3) is 0 Å². The van der Waals surface area contributed by atoms with Crippen molar-refractivity contribution in [1.29, 1.82) is 0 Å². The summed E-state index contributed by atoms with van der Waals surface area (Å²) in [7, 11) is 0. The van der Waals surface area contributed by atoms with Crippen molar-refractivity contribution in [2.45, 2.75) is 39.2 Å². The third kappa shape index (κ3) is 6.02. The zero-order valence-corrected chi connectivity index (χ0v) is 12.2. The lowest BCUT2D eigenvalue weighted by Crippen LogP contribution is -2.42. The first-order chi connectivity index (χ1) is 9.30. The van der Waals surface area contributed by atoms with Crippen LogP contribution in [0.25, 0.3) is 0 Å². The van der Waals surface area contributed by atoms with E-state index in [1.807, 2.05) is 0 Å². The Labute approximate surface area is 119 Å². The first kappa shape index (κ1) is 16.4. The highest BCUT2D eigenvalue weighted by Crippen LogP contribution is 2.16. The van der Waals surface area contributed by atoms with Crippen LogP contribution in [0, 0.1) is 11.7 Å². The second-order valence-electron chi connectivity index (χ2n) is 5.72. The van der Waals surface area contributed by atoms with Crippen LogP contribution in [0.1, 0.15) is 33.6 Å². The van der Waals surface area contributed by atoms with Crippen LogP contribution in [0.3, 0.4) is 0 Å². The fourth-order valence-corrected chi connectivity index (χ4v) is 1.69. The monoisotopic (exact) mass is 282 g/mol. The Morgan fingerprint density at radius 2 is 2.05 bits per heavy atom. The molecule has 112 valence electrons. The number of halogens is 1. The number of hydrogen-bond acceptors (Lipinski definition) is 2. The van der Waals surface area contributed by atoms with Gasteiger partial charge in [-0.3, -0.25) is 0 Å². The summed E-state index contributed by atoms with van der Waals surface area (Å²) in [5, 5.41) is 15.1. The molecule has 0 aliphatic rings. The summed E-state index contributed by atoms with van der Waals surface area (Å²) in [5.41, 5.74) is -0.844. The Bertz CT molecular complexity index is 447. The minimum atomic E-state index is -0.961. The van der Waals surface area contributed by atoms with E-state index >= 15 is 0 Å². The number of hydrogen-bond donors (Lipinski definition) is 3. The van der Waals surface area contributed by atoms with Gasteiger partial charge in [0.05, 0.1) is 11.3 Å². The highest BCUT2D eigenvalue weighted by molar-refractivity contribution is 5.89. The predicted molar refractivity (Wildman–Crippen MR) is 78.1 cm³/mol. The number of anilines is 1. The fraction of sp³-hybridized carbons (Fsp3) is 0.533. The number of carbonyl (C=O) groups excluding carboxylic acids is 1. The fourth-order valence-electron chi connectivity index (χ4n) is 1.69. The third-order valence-electron chi connectivity index (χ3n) is 3.01. The zero-order chi connectivity index (χ0) is 15.2. The van der Waals surface area contributed by atoms with Crippen molar-refractivity contribution in [3.05, 3.63) is 30.1 Å². The van der Waals surface area contributed by atoms with Crippen LogP contribution < -0.4 is 10.6 Å². The smallest absolute Gasteiger partial charge is 0.319 e. The van der Waals surface area contributed by atoms with E-state index in [9.17, 15) is 14.3 Å². The number of urea groups is 1. The van der Waals surface area contributed by atoms with Gasteiger partial charge < -0.3 is 15.7 Å². The molecule has 0 saturated heterocycles. The van der Waals surface area contributed by atoms with E-state index in [1.165, 1.54) is 12.1 Å². The number of benzene rings is 1. The third-order valence-corrected chi connectivity index (χ3v) is 3.01. The maximum absolute atomic E-state index is 13.3. The van der Waals surface area contributed by atoms with Crippen molar-refractivity contribution in [2.24, 2.45) is 5.92 Å². The van der Waals surface area contributed by atoms with Gasteiger partial charge in [-0.2, -0.15) is 0 Å². The number of rotatable bonds is 6. The second-order valence-corrected chi connectivity index (χ2v) is 5.72. The molecule has 0 spiro atoms. The average molecular weight is 282 g/mol. The van der Waals surface area contributed by atoms with Crippen LogP contribution in [-0.2, 0) is 0 Å². The van der Waals surface area contributed by atoms with Crippen molar-refractivity contribution in [1.82, 2.24) is 5.32 Å². The van der Waals surface area contributed by atoms with Crippen molar-refractivity contribution < 1.29 is 14.3 Å². The summed E-state index contributed by atoms with van der Waals surface area (Å²) in [4.78, 5) is 11.6. The van der Waals surface area contributed by atoms with Gasteiger partial charge in [0, 0.05) is 6.54 Å². The Balaban J connectivity index is 2.41. The average Bonchev–Trinajstić information content (AvgIpc) is 2.37. The summed E-state index contributed by atoms with van der Waals surface area (Å²) in [6.07, 6.45) is 1.48. The molecule has 3 N–H and O–H groups in total. The zero-order valence-electron chi connectivity index (χ0n) is 12.2. The van der Waals surface area contributed by atoms with Crippen molar-refractivity contribution in [3.8, 4) is 0 Å². The van der Waals surface area contributed by atoms with Crippen LogP contribution in [0.4, 0.5) is 14.9 Å². The molecule has 0 aliphatic heterocycles. The van der Waals surface area contributed by atoms with Crippen LogP contribution in [-0.4, -0.2) is 23.3 Å². The van der Waals surface area contributed by atoms with Crippen molar-refractivity contribution in [3.63, 3.8) is 0 Å². The highest BCUT2D eigenvalue weighted by atomic mass is 19.1. The second kappa shape index (κ2) is 7.24. The van der Waals surface area contributed by atoms with Gasteiger partial charge in [0.2, 0.25) is 0 Å². The van der Waals surface area contributed by atoms with Crippen LogP contribution in [0.15, 0.2) is 24.3 Å². The molecule has 0 bridgehead atoms. The number of para-hydroxylation sites is 1. The summed E-state index contributed by atoms with van der Waals surface area (Å²) < 4.78 is 13.3. The molecule has 0 aromatic heterocycles. The van der Waals surface area contributed by atoms with Crippen molar-refractivity contribution >= 4 is 11.7 Å². The van der Waals surface area contributed by atoms with Crippen LogP contribution in [0.2, 0.25) is 0 Å². The molecule has 1 unspecified atom stereocenters. The predicted octanol–water partition coefficient (Wildman–Crippen LogP) is 3.13. The topological polar surface area (TPSA) is 61.4 Å². The van der Waals surface area contributed by atoms with E-state index in [2.05, 4.69) is 24.5 Å². The summed E-state index contributed by atoms with van der Waals surface area (Å²) in [5.74, 6) is 0.00272. The molecule has 2 amide bonds. The van der Waals surface area contributed by atoms with Crippen LogP contribution in [0.5, 0.6) is 0 Å². The number of aliphatic hydroxyl groups is 1. The molecular formula is C15H23FN2O2. The van der Waals surface area contributed by atoms with E-state index in [4.69, 9.17) is 0 Å². The summed E-state index contributed by atoms with van der Waals surface area (Å²) in [6, 6.07) is 5.41. The molecule has 1 rings (SSSR count). The SMILES string of the molecule is CC(C)CCC(C)(O)CNC(=O)Nc1ccccc1F. The lowest BCUT2D eigenvalue weighted by atomic mass is 9.95. The molecule has 1 aromatic rings. The summed E-state index contributed by atoms with van der Waals surface area (Å²) >= 11 is 0. The van der Waals surface area contributed by atoms with Gasteiger partial charge in [0.1, 0.15) is 5.82 Å². The normalized spacial score (nSPS) is 13.9. The standard InChI is InChI=1S/C15H23FN2O2/c1-11(2)8-9-15(3,20)10-17-14(19)18-13-7-5-4-6-12(13)16/h4-7,11,20H,8-10H2,1-3H3,(H2,17,18,19). The minimum Gasteiger partial charge on any atom is -0.388 e. The van der Waals surface area contributed by atoms with Gasteiger partial charge >= 0.3 is 6.03 Å². The lowest BCUT2D eigenvalue weighted by molar-refractivity contribution is 0.0481. The number of amides is 2. The maximum atomic E-state index is 13.3. The molecular weight excluding hydrogens is 259 g/mol. The molecule has 0 saturated carbocycles. The Kier molecular flexibility index (Phi) is 5.95. The van der Waals surface area contributed by atoms with Gasteiger partial charge in [-0.25, -0.2) is 9.18 Å². The van der Waals surface area contributed by atoms with Gasteiger partial charge in [0.15, 0.2) is 0 Å². The maximum Gasteiger partial charge on any atom is 0.319 e. The Morgan fingerprint density at radius 3 is 2.65 bits per heavy atom. The van der Waals surface area contributed by atoms with Crippen molar-refractivity contribution in [2.75, 3.05) is 11.9 Å². The molecule has 0 radical (unpaired) electrons. The van der Waals surface area contributed by atoms with Gasteiger partial charge in [-0.15, -0.1) is 0 Å². The molecule has 0 aliphatic carbocycles. The number of carbonyl (C=O) groups is 1. The molecule has 0 fully saturated rings. The van der Waals surface area contributed by atoms with Crippen LogP contribution >= 0.6 is 0 Å². The van der Waals surface area contributed by atoms with E-state index in [0.717, 1.165) is 6.42 Å². The molecule has 4 nitrogen and oxygen atoms in total. The quantitative estimate of drug-likeness (QED) is 0.750. The van der Waals surface area contributed by atoms with Gasteiger partial charge in [-0.1, -0.05) is 26.0 Å². The molecule has 5 heteroatoms. The van der Waals surface area contributed by atoms with E-state index < -0.39 is 17.4 Å². The van der Waals surface area contributed by atoms with E-state index in [0.29, 0.717) is 12.3 Å². The minimum absolute atomic E-state index is 0.117. The van der Waals surface area contributed by atoms with E-state index in [-0.39, 0.29) is 12.2 Å². The van der Waals surface area contributed by atoms with Gasteiger partial charge in [-0.05, 0) is 37.8 Å². The molecule has 1 aromatic carbocycles. The molecule has 1 atom stereocenters.